The molecule has 0 rings (SSSR count). The van der Waals surface area contributed by atoms with E-state index in [4.69, 9.17) is 0 Å². The van der Waals surface area contributed by atoms with Crippen molar-refractivity contribution < 1.29 is 0 Å². The van der Waals surface area contributed by atoms with Gasteiger partial charge in [-0.3, -0.25) is 0 Å². The highest BCUT2D eigenvalue weighted by molar-refractivity contribution is 5.13. The molecule has 0 saturated heterocycles. The highest BCUT2D eigenvalue weighted by atomic mass is 14.0. The van der Waals surface area contributed by atoms with E-state index in [0.29, 0.717) is 5.92 Å². The van der Waals surface area contributed by atoms with Crippen molar-refractivity contribution in [1.82, 2.24) is 0 Å². The minimum absolute atomic E-state index is 0.513. The largest absolute Gasteiger partial charge is 0.0842 e. The van der Waals surface area contributed by atoms with E-state index in [1.165, 1.54) is 5.57 Å². The van der Waals surface area contributed by atoms with E-state index in [0.717, 1.165) is 12.8 Å². The smallest absolute Gasteiger partial charge is 0.0291 e. The van der Waals surface area contributed by atoms with Crippen molar-refractivity contribution in [3.8, 4) is 0 Å². The quantitative estimate of drug-likeness (QED) is 0.537. The predicted molar refractivity (Wildman–Crippen MR) is 52.0 cm³/mol. The summed E-state index contributed by atoms with van der Waals surface area (Å²) in [5.74, 6) is 0.513. The highest BCUT2D eigenvalue weighted by Gasteiger charge is 1.96. The van der Waals surface area contributed by atoms with Gasteiger partial charge in [0.2, 0.25) is 0 Å². The minimum atomic E-state index is 0.513. The maximum atomic E-state index is 3.95. The van der Waals surface area contributed by atoms with Crippen LogP contribution < -0.4 is 0 Å². The van der Waals surface area contributed by atoms with Gasteiger partial charge in [-0.25, -0.2) is 0 Å². The number of hydrogen-bond donors (Lipinski definition) is 0. The minimum Gasteiger partial charge on any atom is -0.0842 e. The third-order valence-corrected chi connectivity index (χ3v) is 1.53. The molecule has 0 aliphatic rings. The topological polar surface area (TPSA) is 0 Å². The number of hydrogen-bond acceptors (Lipinski definition) is 0. The van der Waals surface area contributed by atoms with E-state index in [2.05, 4.69) is 33.8 Å². The first-order valence-corrected chi connectivity index (χ1v) is 4.17. The van der Waals surface area contributed by atoms with Gasteiger partial charge in [-0.2, -0.15) is 0 Å². The average molecular weight is 150 g/mol. The molecule has 0 aromatic heterocycles. The summed E-state index contributed by atoms with van der Waals surface area (Å²) in [5, 5.41) is 0. The third kappa shape index (κ3) is 5.90. The summed E-state index contributed by atoms with van der Waals surface area (Å²) in [5.41, 5.74) is 1.45. The average Bonchev–Trinajstić information content (AvgIpc) is 1.97. The number of allylic oxidation sites excluding steroid dienone is 4. The molecule has 2 radical (unpaired) electrons. The standard InChI is InChI=1S/C11H18/c1-5-7-8-11(6-2)9-10(3)4/h5,7-8,10H,1,3,6,9H2,2,4H3. The summed E-state index contributed by atoms with van der Waals surface area (Å²) in [6, 6.07) is 0. The lowest BCUT2D eigenvalue weighted by Crippen LogP contribution is -1.90. The SMILES string of the molecule is [CH2]C=CC=C(CC)CC([CH2])C. The molecule has 11 heavy (non-hydrogen) atoms. The predicted octanol–water partition coefficient (Wildman–Crippen LogP) is 3.57. The van der Waals surface area contributed by atoms with Crippen LogP contribution in [0.5, 0.6) is 0 Å². The van der Waals surface area contributed by atoms with Crippen LogP contribution in [0, 0.1) is 19.8 Å². The van der Waals surface area contributed by atoms with E-state index >= 15 is 0 Å². The van der Waals surface area contributed by atoms with Gasteiger partial charge < -0.3 is 0 Å². The first-order chi connectivity index (χ1) is 5.20. The Morgan fingerprint density at radius 1 is 1.55 bits per heavy atom. The van der Waals surface area contributed by atoms with Crippen molar-refractivity contribution in [3.63, 3.8) is 0 Å². The molecule has 0 N–H and O–H groups in total. The summed E-state index contributed by atoms with van der Waals surface area (Å²) in [4.78, 5) is 0. The lowest BCUT2D eigenvalue weighted by molar-refractivity contribution is 0.695. The number of rotatable bonds is 4. The van der Waals surface area contributed by atoms with Crippen LogP contribution in [0.3, 0.4) is 0 Å². The van der Waals surface area contributed by atoms with Gasteiger partial charge >= 0.3 is 0 Å². The molecule has 0 aliphatic carbocycles. The zero-order valence-corrected chi connectivity index (χ0v) is 7.64. The fourth-order valence-corrected chi connectivity index (χ4v) is 0.982. The molecular formula is C11H18. The van der Waals surface area contributed by atoms with Crippen molar-refractivity contribution in [2.24, 2.45) is 5.92 Å². The summed E-state index contributed by atoms with van der Waals surface area (Å²) < 4.78 is 0. The fraction of sp³-hybridized carbons (Fsp3) is 0.455. The highest BCUT2D eigenvalue weighted by Crippen LogP contribution is 2.13. The lowest BCUT2D eigenvalue weighted by atomic mass is 10.0. The van der Waals surface area contributed by atoms with Gasteiger partial charge in [-0.1, -0.05) is 44.6 Å². The van der Waals surface area contributed by atoms with Crippen molar-refractivity contribution in [2.45, 2.75) is 26.7 Å². The first kappa shape index (κ1) is 10.5. The molecule has 0 aliphatic heterocycles. The Kier molecular flexibility index (Phi) is 5.91. The molecule has 0 aromatic carbocycles. The third-order valence-electron chi connectivity index (χ3n) is 1.53. The maximum Gasteiger partial charge on any atom is -0.0291 e. The molecule has 62 valence electrons. The Labute approximate surface area is 71.0 Å². The molecule has 1 unspecified atom stereocenters. The first-order valence-electron chi connectivity index (χ1n) is 4.17. The van der Waals surface area contributed by atoms with E-state index in [1.54, 1.807) is 0 Å². The van der Waals surface area contributed by atoms with Gasteiger partial charge in [0.05, 0.1) is 0 Å². The molecule has 0 fully saturated rings. The monoisotopic (exact) mass is 150 g/mol. The van der Waals surface area contributed by atoms with Crippen molar-refractivity contribution in [2.75, 3.05) is 0 Å². The van der Waals surface area contributed by atoms with Crippen LogP contribution in [-0.4, -0.2) is 0 Å². The Morgan fingerprint density at radius 3 is 2.55 bits per heavy atom. The molecule has 0 heteroatoms. The Balaban J connectivity index is 3.94. The van der Waals surface area contributed by atoms with Crippen LogP contribution in [0.25, 0.3) is 0 Å². The lowest BCUT2D eigenvalue weighted by Gasteiger charge is -2.05. The van der Waals surface area contributed by atoms with Gasteiger partial charge in [-0.05, 0) is 25.7 Å². The van der Waals surface area contributed by atoms with Gasteiger partial charge in [-0.15, -0.1) is 0 Å². The molecule has 1 atom stereocenters. The molecular weight excluding hydrogens is 132 g/mol. The normalized spacial score (nSPS) is 13.4. The second-order valence-electron chi connectivity index (χ2n) is 2.92. The molecule has 0 aromatic rings. The van der Waals surface area contributed by atoms with Gasteiger partial charge in [0.15, 0.2) is 0 Å². The van der Waals surface area contributed by atoms with Crippen LogP contribution in [0.15, 0.2) is 23.8 Å². The van der Waals surface area contributed by atoms with Crippen LogP contribution in [0.4, 0.5) is 0 Å². The Bertz CT molecular complexity index is 138. The van der Waals surface area contributed by atoms with Crippen LogP contribution in [0.1, 0.15) is 26.7 Å². The Hall–Kier alpha value is -0.520. The van der Waals surface area contributed by atoms with Crippen LogP contribution in [-0.2, 0) is 0 Å². The second kappa shape index (κ2) is 6.21. The molecule has 0 bridgehead atoms. The van der Waals surface area contributed by atoms with E-state index in [-0.39, 0.29) is 0 Å². The summed E-state index contributed by atoms with van der Waals surface area (Å²) in [7, 11) is 0. The molecule has 0 saturated carbocycles. The van der Waals surface area contributed by atoms with Gasteiger partial charge in [0, 0.05) is 0 Å². The maximum absolute atomic E-state index is 3.95. The summed E-state index contributed by atoms with van der Waals surface area (Å²) >= 11 is 0. The van der Waals surface area contributed by atoms with Crippen molar-refractivity contribution in [1.29, 1.82) is 0 Å². The van der Waals surface area contributed by atoms with Gasteiger partial charge in [0.1, 0.15) is 0 Å². The Morgan fingerprint density at radius 2 is 2.18 bits per heavy atom. The summed E-state index contributed by atoms with van der Waals surface area (Å²) in [6.45, 7) is 11.9. The zero-order chi connectivity index (χ0) is 8.69. The zero-order valence-electron chi connectivity index (χ0n) is 7.64. The van der Waals surface area contributed by atoms with Gasteiger partial charge in [0.25, 0.3) is 0 Å². The van der Waals surface area contributed by atoms with Crippen molar-refractivity contribution >= 4 is 0 Å². The van der Waals surface area contributed by atoms with Crippen LogP contribution >= 0.6 is 0 Å². The van der Waals surface area contributed by atoms with E-state index < -0.39 is 0 Å². The van der Waals surface area contributed by atoms with E-state index in [9.17, 15) is 0 Å². The molecule has 0 spiro atoms. The molecule has 0 amide bonds. The molecule has 0 heterocycles. The van der Waals surface area contributed by atoms with E-state index in [1.807, 2.05) is 12.2 Å². The fourth-order valence-electron chi connectivity index (χ4n) is 0.982. The molecule has 0 nitrogen and oxygen atoms in total. The summed E-state index contributed by atoms with van der Waals surface area (Å²) in [6.07, 6.45) is 8.14. The second-order valence-corrected chi connectivity index (χ2v) is 2.92. The van der Waals surface area contributed by atoms with Crippen LogP contribution in [0.2, 0.25) is 0 Å². The van der Waals surface area contributed by atoms with Crippen molar-refractivity contribution in [3.05, 3.63) is 37.6 Å².